The summed E-state index contributed by atoms with van der Waals surface area (Å²) in [5.74, 6) is -0.0372. The SMILES string of the molecule is CC[C@H](C)NC(=O)Cn1ccc(=O)c2cc(C)ccc21. The van der Waals surface area contributed by atoms with Crippen LogP contribution in [-0.2, 0) is 11.3 Å². The van der Waals surface area contributed by atoms with Crippen LogP contribution in [0.1, 0.15) is 25.8 Å². The number of amides is 1. The van der Waals surface area contributed by atoms with Crippen molar-refractivity contribution in [2.75, 3.05) is 0 Å². The van der Waals surface area contributed by atoms with Crippen molar-refractivity contribution in [3.63, 3.8) is 0 Å². The van der Waals surface area contributed by atoms with Crippen LogP contribution in [0.5, 0.6) is 0 Å². The van der Waals surface area contributed by atoms with Gasteiger partial charge in [-0.15, -0.1) is 0 Å². The van der Waals surface area contributed by atoms with Crippen LogP contribution >= 0.6 is 0 Å². The molecule has 0 bridgehead atoms. The Morgan fingerprint density at radius 1 is 1.35 bits per heavy atom. The number of pyridine rings is 1. The Morgan fingerprint density at radius 2 is 2.10 bits per heavy atom. The summed E-state index contributed by atoms with van der Waals surface area (Å²) in [6.45, 7) is 6.18. The van der Waals surface area contributed by atoms with Gasteiger partial charge in [-0.1, -0.05) is 18.6 Å². The Kier molecular flexibility index (Phi) is 4.23. The summed E-state index contributed by atoms with van der Waals surface area (Å²) in [5.41, 5.74) is 1.82. The molecule has 1 amide bonds. The minimum atomic E-state index is -0.0372. The highest BCUT2D eigenvalue weighted by Gasteiger charge is 2.09. The van der Waals surface area contributed by atoms with E-state index < -0.39 is 0 Å². The first-order chi connectivity index (χ1) is 9.51. The van der Waals surface area contributed by atoms with Gasteiger partial charge in [-0.3, -0.25) is 9.59 Å². The summed E-state index contributed by atoms with van der Waals surface area (Å²) >= 11 is 0. The lowest BCUT2D eigenvalue weighted by Crippen LogP contribution is -2.34. The maximum absolute atomic E-state index is 12.0. The number of nitrogens with one attached hydrogen (secondary N) is 1. The van der Waals surface area contributed by atoms with Gasteiger partial charge in [0.05, 0.1) is 5.52 Å². The molecule has 0 aliphatic heterocycles. The number of aromatic nitrogens is 1. The third kappa shape index (κ3) is 3.07. The highest BCUT2D eigenvalue weighted by molar-refractivity contribution is 5.82. The minimum Gasteiger partial charge on any atom is -0.352 e. The molecule has 20 heavy (non-hydrogen) atoms. The Labute approximate surface area is 118 Å². The zero-order valence-electron chi connectivity index (χ0n) is 12.1. The van der Waals surface area contributed by atoms with E-state index in [1.165, 1.54) is 6.07 Å². The van der Waals surface area contributed by atoms with Gasteiger partial charge in [0.25, 0.3) is 0 Å². The third-order valence-corrected chi connectivity index (χ3v) is 3.47. The molecule has 0 fully saturated rings. The molecule has 4 heteroatoms. The predicted octanol–water partition coefficient (Wildman–Crippen LogP) is 2.22. The molecule has 0 saturated carbocycles. The molecule has 1 aromatic carbocycles. The van der Waals surface area contributed by atoms with E-state index in [0.717, 1.165) is 17.5 Å². The molecule has 2 aromatic rings. The lowest BCUT2D eigenvalue weighted by atomic mass is 10.1. The number of carbonyl (C=O) groups is 1. The van der Waals surface area contributed by atoms with Crippen molar-refractivity contribution >= 4 is 16.8 Å². The summed E-state index contributed by atoms with van der Waals surface area (Å²) < 4.78 is 1.81. The number of benzene rings is 1. The Hall–Kier alpha value is -2.10. The second kappa shape index (κ2) is 5.90. The number of nitrogens with zero attached hydrogens (tertiary/aromatic N) is 1. The van der Waals surface area contributed by atoms with Crippen LogP contribution in [0.3, 0.4) is 0 Å². The van der Waals surface area contributed by atoms with Gasteiger partial charge < -0.3 is 9.88 Å². The second-order valence-corrected chi connectivity index (χ2v) is 5.21. The molecule has 0 saturated heterocycles. The number of aryl methyl sites for hydroxylation is 1. The van der Waals surface area contributed by atoms with Gasteiger partial charge >= 0.3 is 0 Å². The molecule has 1 heterocycles. The maximum Gasteiger partial charge on any atom is 0.240 e. The molecule has 0 aliphatic rings. The molecule has 1 N–H and O–H groups in total. The topological polar surface area (TPSA) is 51.1 Å². The average Bonchev–Trinajstić information content (AvgIpc) is 2.42. The fourth-order valence-corrected chi connectivity index (χ4v) is 2.14. The molecule has 0 aliphatic carbocycles. The van der Waals surface area contributed by atoms with Crippen molar-refractivity contribution in [2.24, 2.45) is 0 Å². The van der Waals surface area contributed by atoms with Crippen LogP contribution in [0.2, 0.25) is 0 Å². The maximum atomic E-state index is 12.0. The van der Waals surface area contributed by atoms with Gasteiger partial charge in [0, 0.05) is 23.7 Å². The van der Waals surface area contributed by atoms with Crippen LogP contribution in [0.25, 0.3) is 10.9 Å². The quantitative estimate of drug-likeness (QED) is 0.928. The van der Waals surface area contributed by atoms with Crippen LogP contribution < -0.4 is 10.7 Å². The van der Waals surface area contributed by atoms with Crippen molar-refractivity contribution in [1.29, 1.82) is 0 Å². The number of hydrogen-bond donors (Lipinski definition) is 1. The van der Waals surface area contributed by atoms with Crippen molar-refractivity contribution in [3.8, 4) is 0 Å². The zero-order chi connectivity index (χ0) is 14.7. The first-order valence-corrected chi connectivity index (χ1v) is 6.90. The second-order valence-electron chi connectivity index (χ2n) is 5.21. The van der Waals surface area contributed by atoms with E-state index >= 15 is 0 Å². The van der Waals surface area contributed by atoms with E-state index in [4.69, 9.17) is 0 Å². The van der Waals surface area contributed by atoms with Gasteiger partial charge in [0.1, 0.15) is 6.54 Å². The van der Waals surface area contributed by atoms with Crippen molar-refractivity contribution in [3.05, 3.63) is 46.2 Å². The summed E-state index contributed by atoms with van der Waals surface area (Å²) in [5, 5.41) is 3.59. The molecule has 106 valence electrons. The smallest absolute Gasteiger partial charge is 0.240 e. The van der Waals surface area contributed by atoms with E-state index in [2.05, 4.69) is 5.32 Å². The molecule has 0 spiro atoms. The predicted molar refractivity (Wildman–Crippen MR) is 80.8 cm³/mol. The van der Waals surface area contributed by atoms with Gasteiger partial charge in [0.15, 0.2) is 5.43 Å². The first kappa shape index (κ1) is 14.3. The van der Waals surface area contributed by atoms with Gasteiger partial charge in [-0.2, -0.15) is 0 Å². The first-order valence-electron chi connectivity index (χ1n) is 6.90. The standard InChI is InChI=1S/C16H20N2O2/c1-4-12(3)17-16(20)10-18-8-7-15(19)13-9-11(2)5-6-14(13)18/h5-9,12H,4,10H2,1-3H3,(H,17,20)/t12-/m0/s1. The summed E-state index contributed by atoms with van der Waals surface area (Å²) in [7, 11) is 0. The van der Waals surface area contributed by atoms with Crippen LogP contribution in [0.15, 0.2) is 35.3 Å². The van der Waals surface area contributed by atoms with Crippen LogP contribution in [0, 0.1) is 6.92 Å². The molecule has 1 aromatic heterocycles. The molecule has 4 nitrogen and oxygen atoms in total. The Morgan fingerprint density at radius 3 is 2.80 bits per heavy atom. The summed E-state index contributed by atoms with van der Waals surface area (Å²) in [6.07, 6.45) is 2.58. The highest BCUT2D eigenvalue weighted by Crippen LogP contribution is 2.12. The average molecular weight is 272 g/mol. The van der Waals surface area contributed by atoms with E-state index in [1.807, 2.05) is 43.5 Å². The number of hydrogen-bond acceptors (Lipinski definition) is 2. The molecule has 0 radical (unpaired) electrons. The molecule has 1 atom stereocenters. The monoisotopic (exact) mass is 272 g/mol. The molecular weight excluding hydrogens is 252 g/mol. The van der Waals surface area contributed by atoms with E-state index in [1.54, 1.807) is 6.20 Å². The van der Waals surface area contributed by atoms with Crippen molar-refractivity contribution in [1.82, 2.24) is 9.88 Å². The fourth-order valence-electron chi connectivity index (χ4n) is 2.14. The largest absolute Gasteiger partial charge is 0.352 e. The molecule has 2 rings (SSSR count). The normalized spacial score (nSPS) is 12.3. The Balaban J connectivity index is 2.34. The number of fused-ring (bicyclic) bond motifs is 1. The summed E-state index contributed by atoms with van der Waals surface area (Å²) in [4.78, 5) is 23.8. The highest BCUT2D eigenvalue weighted by atomic mass is 16.2. The molecular formula is C16H20N2O2. The lowest BCUT2D eigenvalue weighted by Gasteiger charge is -2.14. The van der Waals surface area contributed by atoms with Crippen molar-refractivity contribution in [2.45, 2.75) is 39.8 Å². The Bertz CT molecular complexity index is 688. The minimum absolute atomic E-state index is 0.0118. The molecule has 0 unspecified atom stereocenters. The number of rotatable bonds is 4. The third-order valence-electron chi connectivity index (χ3n) is 3.47. The van der Waals surface area contributed by atoms with Gasteiger partial charge in [0.2, 0.25) is 5.91 Å². The number of carbonyl (C=O) groups excluding carboxylic acids is 1. The van der Waals surface area contributed by atoms with Gasteiger partial charge in [-0.05, 0) is 32.4 Å². The van der Waals surface area contributed by atoms with Crippen molar-refractivity contribution < 1.29 is 4.79 Å². The lowest BCUT2D eigenvalue weighted by molar-refractivity contribution is -0.122. The van der Waals surface area contributed by atoms with E-state index in [0.29, 0.717) is 5.39 Å². The summed E-state index contributed by atoms with van der Waals surface area (Å²) in [6, 6.07) is 7.38. The van der Waals surface area contributed by atoms with E-state index in [9.17, 15) is 9.59 Å². The van der Waals surface area contributed by atoms with Crippen LogP contribution in [-0.4, -0.2) is 16.5 Å². The zero-order valence-corrected chi connectivity index (χ0v) is 12.1. The van der Waals surface area contributed by atoms with E-state index in [-0.39, 0.29) is 23.9 Å². The van der Waals surface area contributed by atoms with Gasteiger partial charge in [-0.25, -0.2) is 0 Å². The van der Waals surface area contributed by atoms with Crippen LogP contribution in [0.4, 0.5) is 0 Å². The fraction of sp³-hybridized carbons (Fsp3) is 0.375.